The first kappa shape index (κ1) is 21.0. The van der Waals surface area contributed by atoms with Gasteiger partial charge in [-0.3, -0.25) is 9.10 Å². The number of hydrogen-bond donors (Lipinski definition) is 2. The summed E-state index contributed by atoms with van der Waals surface area (Å²) in [6.07, 6.45) is 0. The summed E-state index contributed by atoms with van der Waals surface area (Å²) in [4.78, 5) is 18.3. The topological polar surface area (TPSA) is 99.6 Å². The van der Waals surface area contributed by atoms with Crippen LogP contribution in [0.5, 0.6) is 0 Å². The Bertz CT molecular complexity index is 1510. The van der Waals surface area contributed by atoms with Crippen LogP contribution in [0.25, 0.3) is 26.4 Å². The second kappa shape index (κ2) is 7.59. The lowest BCUT2D eigenvalue weighted by atomic mass is 10.2. The van der Waals surface area contributed by atoms with Gasteiger partial charge in [-0.25, -0.2) is 13.4 Å². The van der Waals surface area contributed by atoms with Crippen molar-refractivity contribution < 1.29 is 18.3 Å². The van der Waals surface area contributed by atoms with Gasteiger partial charge in [0.2, 0.25) is 0 Å². The molecule has 162 valence electrons. The third-order valence-electron chi connectivity index (χ3n) is 4.94. The Morgan fingerprint density at radius 1 is 1.12 bits per heavy atom. The number of amides is 1. The zero-order valence-electron chi connectivity index (χ0n) is 16.4. The Kier molecular flexibility index (Phi) is 4.97. The number of fused-ring (bicyclic) bond motifs is 2. The van der Waals surface area contributed by atoms with E-state index in [1.165, 1.54) is 13.1 Å². The number of halogens is 1. The summed E-state index contributed by atoms with van der Waals surface area (Å²) in [5.41, 5.74) is 0.268. The van der Waals surface area contributed by atoms with Crippen LogP contribution in [0.2, 0.25) is 4.34 Å². The number of aliphatic hydroxyl groups excluding tert-OH is 1. The van der Waals surface area contributed by atoms with Crippen LogP contribution in [-0.2, 0) is 14.8 Å². The smallest absolute Gasteiger partial charge is 0.278 e. The normalized spacial score (nSPS) is 15.1. The van der Waals surface area contributed by atoms with Crippen molar-refractivity contribution in [3.8, 4) is 10.6 Å². The molecule has 1 aliphatic rings. The first-order valence-corrected chi connectivity index (χ1v) is 12.7. The average molecular weight is 504 g/mol. The van der Waals surface area contributed by atoms with Crippen molar-refractivity contribution in [1.29, 1.82) is 0 Å². The third-order valence-corrected chi connectivity index (χ3v) is 9.26. The molecule has 5 rings (SSSR count). The lowest BCUT2D eigenvalue weighted by Gasteiger charge is -2.26. The zero-order chi connectivity index (χ0) is 22.6. The van der Waals surface area contributed by atoms with Gasteiger partial charge in [0.25, 0.3) is 15.9 Å². The number of carbonyl (C=O) groups is 1. The number of pyridine rings is 1. The average Bonchev–Trinajstić information content (AvgIpc) is 3.37. The molecule has 0 spiro atoms. The molecule has 7 nitrogen and oxygen atoms in total. The molecule has 1 aromatic carbocycles. The van der Waals surface area contributed by atoms with Gasteiger partial charge in [0.15, 0.2) is 11.5 Å². The number of aromatic nitrogens is 1. The number of hydrogen-bond acceptors (Lipinski definition) is 7. The number of thiophene rings is 2. The van der Waals surface area contributed by atoms with Gasteiger partial charge in [0.05, 0.1) is 19.8 Å². The summed E-state index contributed by atoms with van der Waals surface area (Å²) in [6.45, 7) is 0. The Morgan fingerprint density at radius 3 is 2.69 bits per heavy atom. The predicted molar refractivity (Wildman–Crippen MR) is 128 cm³/mol. The van der Waals surface area contributed by atoms with E-state index in [-0.39, 0.29) is 19.9 Å². The quantitative estimate of drug-likeness (QED) is 0.401. The molecule has 0 fully saturated rings. The van der Waals surface area contributed by atoms with Gasteiger partial charge in [-0.1, -0.05) is 35.9 Å². The summed E-state index contributed by atoms with van der Waals surface area (Å²) in [5, 5.41) is 14.3. The number of aliphatic hydroxyl groups is 1. The molecule has 0 saturated carbocycles. The van der Waals surface area contributed by atoms with Crippen LogP contribution >= 0.6 is 34.3 Å². The monoisotopic (exact) mass is 503 g/mol. The minimum Gasteiger partial charge on any atom is -0.504 e. The SMILES string of the molecule is CN1C(C(=O)Nc2cccc(-c3cc4ccccc4s3)n2)=C(O)c2sc(Cl)cc2S1(=O)=O. The molecule has 4 heterocycles. The van der Waals surface area contributed by atoms with E-state index < -0.39 is 27.4 Å². The zero-order valence-corrected chi connectivity index (χ0v) is 19.6. The molecular formula is C21H14ClN3O4S3. The summed E-state index contributed by atoms with van der Waals surface area (Å²) in [6, 6.07) is 16.4. The van der Waals surface area contributed by atoms with Crippen LogP contribution in [0.1, 0.15) is 4.88 Å². The van der Waals surface area contributed by atoms with Crippen molar-refractivity contribution in [1.82, 2.24) is 9.29 Å². The molecule has 0 atom stereocenters. The van der Waals surface area contributed by atoms with Crippen molar-refractivity contribution >= 4 is 71.9 Å². The molecule has 11 heteroatoms. The Hall–Kier alpha value is -2.92. The fourth-order valence-electron chi connectivity index (χ4n) is 3.40. The molecule has 2 N–H and O–H groups in total. The number of nitrogens with zero attached hydrogens (tertiary/aromatic N) is 2. The Balaban J connectivity index is 1.49. The molecular weight excluding hydrogens is 490 g/mol. The minimum atomic E-state index is -4.02. The van der Waals surface area contributed by atoms with Gasteiger partial charge < -0.3 is 10.4 Å². The number of anilines is 1. The number of carbonyl (C=O) groups excluding carboxylic acids is 1. The highest BCUT2D eigenvalue weighted by atomic mass is 35.5. The molecule has 1 amide bonds. The van der Waals surface area contributed by atoms with Crippen LogP contribution in [0.3, 0.4) is 0 Å². The fourth-order valence-corrected chi connectivity index (χ4v) is 7.38. The number of sulfonamides is 1. The Labute approximate surface area is 196 Å². The van der Waals surface area contributed by atoms with Gasteiger partial charge in [-0.2, -0.15) is 0 Å². The van der Waals surface area contributed by atoms with E-state index in [2.05, 4.69) is 10.3 Å². The maximum atomic E-state index is 13.0. The van der Waals surface area contributed by atoms with Gasteiger partial charge >= 0.3 is 0 Å². The molecule has 3 aromatic heterocycles. The summed E-state index contributed by atoms with van der Waals surface area (Å²) in [5.74, 6) is -1.02. The van der Waals surface area contributed by atoms with Crippen LogP contribution in [0, 0.1) is 0 Å². The summed E-state index contributed by atoms with van der Waals surface area (Å²) in [7, 11) is -2.82. The standard InChI is InChI=1S/C21H14ClN3O4S3/c1-25-18(19(26)20-15(32(25,28)29)10-16(22)31-20)21(27)24-17-8-4-6-12(23-17)14-9-11-5-2-3-7-13(11)30-14/h2-10,26H,1H3,(H,23,24,27). The van der Waals surface area contributed by atoms with E-state index in [4.69, 9.17) is 11.6 Å². The number of benzene rings is 1. The van der Waals surface area contributed by atoms with E-state index >= 15 is 0 Å². The third kappa shape index (κ3) is 3.36. The van der Waals surface area contributed by atoms with E-state index in [1.54, 1.807) is 23.5 Å². The number of likely N-dealkylation sites (N-methyl/N-ethyl adjacent to an activating group) is 1. The minimum absolute atomic E-state index is 0.0326. The molecule has 0 unspecified atom stereocenters. The predicted octanol–water partition coefficient (Wildman–Crippen LogP) is 5.18. The van der Waals surface area contributed by atoms with Crippen molar-refractivity contribution in [2.24, 2.45) is 0 Å². The second-order valence-electron chi connectivity index (χ2n) is 6.92. The van der Waals surface area contributed by atoms with Gasteiger partial charge in [0, 0.05) is 11.7 Å². The molecule has 1 aliphatic heterocycles. The maximum absolute atomic E-state index is 13.0. The number of nitrogens with one attached hydrogen (secondary N) is 1. The van der Waals surface area contributed by atoms with Crippen LogP contribution in [0.15, 0.2) is 65.2 Å². The van der Waals surface area contributed by atoms with E-state index in [9.17, 15) is 18.3 Å². The van der Waals surface area contributed by atoms with Crippen LogP contribution in [-0.4, -0.2) is 35.8 Å². The van der Waals surface area contributed by atoms with Crippen molar-refractivity contribution in [3.05, 3.63) is 69.5 Å². The van der Waals surface area contributed by atoms with Crippen molar-refractivity contribution in [3.63, 3.8) is 0 Å². The largest absolute Gasteiger partial charge is 0.504 e. The van der Waals surface area contributed by atoms with Crippen molar-refractivity contribution in [2.75, 3.05) is 12.4 Å². The highest BCUT2D eigenvalue weighted by Gasteiger charge is 2.39. The van der Waals surface area contributed by atoms with E-state index in [1.807, 2.05) is 36.4 Å². The maximum Gasteiger partial charge on any atom is 0.278 e. The Morgan fingerprint density at radius 2 is 1.91 bits per heavy atom. The molecule has 32 heavy (non-hydrogen) atoms. The van der Waals surface area contributed by atoms with Gasteiger partial charge in [0.1, 0.15) is 10.7 Å². The molecule has 0 aliphatic carbocycles. The summed E-state index contributed by atoms with van der Waals surface area (Å²) >= 11 is 8.41. The highest BCUT2D eigenvalue weighted by molar-refractivity contribution is 7.89. The van der Waals surface area contributed by atoms with Crippen LogP contribution in [0.4, 0.5) is 5.82 Å². The van der Waals surface area contributed by atoms with Gasteiger partial charge in [-0.05, 0) is 35.7 Å². The summed E-state index contributed by atoms with van der Waals surface area (Å²) < 4.78 is 27.6. The highest BCUT2D eigenvalue weighted by Crippen LogP contribution is 2.42. The molecule has 4 aromatic rings. The van der Waals surface area contributed by atoms with E-state index in [0.717, 1.165) is 30.6 Å². The van der Waals surface area contributed by atoms with Gasteiger partial charge in [-0.15, -0.1) is 22.7 Å². The molecule has 0 bridgehead atoms. The van der Waals surface area contributed by atoms with E-state index in [0.29, 0.717) is 5.69 Å². The first-order valence-electron chi connectivity index (χ1n) is 9.25. The van der Waals surface area contributed by atoms with Crippen LogP contribution < -0.4 is 5.32 Å². The first-order chi connectivity index (χ1) is 15.3. The lowest BCUT2D eigenvalue weighted by molar-refractivity contribution is -0.113. The van der Waals surface area contributed by atoms with Crippen molar-refractivity contribution in [2.45, 2.75) is 4.90 Å². The fraction of sp³-hybridized carbons (Fsp3) is 0.0476. The molecule has 0 radical (unpaired) electrons. The lowest BCUT2D eigenvalue weighted by Crippen LogP contribution is -2.36. The molecule has 0 saturated heterocycles. The number of rotatable bonds is 3. The second-order valence-corrected chi connectivity index (χ2v) is 11.6.